The highest BCUT2D eigenvalue weighted by molar-refractivity contribution is 6.01. The number of amides is 1. The van der Waals surface area contributed by atoms with E-state index < -0.39 is 0 Å². The van der Waals surface area contributed by atoms with E-state index in [1.54, 1.807) is 19.5 Å². The van der Waals surface area contributed by atoms with Gasteiger partial charge in [-0.25, -0.2) is 15.0 Å². The zero-order valence-corrected chi connectivity index (χ0v) is 17.5. The molecule has 0 aromatic carbocycles. The number of H-pyrrole nitrogens is 1. The lowest BCUT2D eigenvalue weighted by atomic mass is 9.91. The van der Waals surface area contributed by atoms with Gasteiger partial charge in [0, 0.05) is 24.9 Å². The zero-order chi connectivity index (χ0) is 21.4. The molecule has 5 rings (SSSR count). The number of rotatable bonds is 4. The number of pyridine rings is 1. The molecular weight excluding hydrogens is 396 g/mol. The Bertz CT molecular complexity index is 1090. The first kappa shape index (κ1) is 19.6. The molecule has 0 atom stereocenters. The normalized spacial score (nSPS) is 21.0. The number of aromatic amines is 1. The quantitative estimate of drug-likeness (QED) is 0.660. The highest BCUT2D eigenvalue weighted by Crippen LogP contribution is 2.35. The summed E-state index contributed by atoms with van der Waals surface area (Å²) in [5.74, 6) is 1.79. The summed E-state index contributed by atoms with van der Waals surface area (Å²) in [5.41, 5.74) is 3.20. The molecule has 1 aliphatic heterocycles. The van der Waals surface area contributed by atoms with E-state index in [1.807, 2.05) is 17.9 Å². The van der Waals surface area contributed by atoms with Crippen molar-refractivity contribution in [2.24, 2.45) is 0 Å². The maximum atomic E-state index is 12.8. The molecule has 0 bridgehead atoms. The van der Waals surface area contributed by atoms with Crippen LogP contribution in [0, 0.1) is 6.92 Å². The lowest BCUT2D eigenvalue weighted by molar-refractivity contribution is -0.118. The Morgan fingerprint density at radius 1 is 1.10 bits per heavy atom. The van der Waals surface area contributed by atoms with E-state index in [2.05, 4.69) is 30.5 Å². The van der Waals surface area contributed by atoms with Crippen molar-refractivity contribution in [2.75, 3.05) is 23.9 Å². The molecular formula is C21H24N8O2. The number of aromatic nitrogens is 6. The number of nitrogens with zero attached hydrogens (tertiary/aromatic N) is 6. The second-order valence-corrected chi connectivity index (χ2v) is 7.92. The number of hydrogen-bond acceptors (Lipinski definition) is 8. The van der Waals surface area contributed by atoms with Crippen molar-refractivity contribution < 1.29 is 9.53 Å². The van der Waals surface area contributed by atoms with E-state index in [4.69, 9.17) is 9.72 Å². The number of anilines is 2. The molecule has 3 aromatic heterocycles. The van der Waals surface area contributed by atoms with Crippen LogP contribution in [-0.2, 0) is 9.53 Å². The zero-order valence-electron chi connectivity index (χ0n) is 17.5. The van der Waals surface area contributed by atoms with Gasteiger partial charge >= 0.3 is 0 Å². The highest BCUT2D eigenvalue weighted by atomic mass is 16.5. The van der Waals surface area contributed by atoms with E-state index in [-0.39, 0.29) is 24.6 Å². The topological polar surface area (TPSA) is 122 Å². The molecule has 0 saturated heterocycles. The first-order valence-electron chi connectivity index (χ1n) is 10.4. The Morgan fingerprint density at radius 3 is 2.65 bits per heavy atom. The van der Waals surface area contributed by atoms with Crippen LogP contribution < -0.4 is 10.2 Å². The van der Waals surface area contributed by atoms with Crippen molar-refractivity contribution in [3.8, 4) is 22.8 Å². The van der Waals surface area contributed by atoms with E-state index in [0.29, 0.717) is 28.8 Å². The van der Waals surface area contributed by atoms with Crippen molar-refractivity contribution in [1.29, 1.82) is 0 Å². The highest BCUT2D eigenvalue weighted by Gasteiger charge is 2.35. The van der Waals surface area contributed by atoms with Gasteiger partial charge in [0.1, 0.15) is 12.0 Å². The van der Waals surface area contributed by atoms with Gasteiger partial charge in [-0.15, -0.1) is 0 Å². The van der Waals surface area contributed by atoms with Gasteiger partial charge in [0.05, 0.1) is 24.5 Å². The molecule has 0 radical (unpaired) electrons. The van der Waals surface area contributed by atoms with E-state index in [9.17, 15) is 4.79 Å². The van der Waals surface area contributed by atoms with Crippen molar-refractivity contribution in [3.63, 3.8) is 0 Å². The molecule has 31 heavy (non-hydrogen) atoms. The fourth-order valence-corrected chi connectivity index (χ4v) is 4.36. The van der Waals surface area contributed by atoms with Crippen LogP contribution in [0.4, 0.5) is 11.6 Å². The summed E-state index contributed by atoms with van der Waals surface area (Å²) in [6, 6.07) is 2.03. The lowest BCUT2D eigenvalue weighted by Gasteiger charge is -2.38. The van der Waals surface area contributed by atoms with Crippen molar-refractivity contribution >= 4 is 17.5 Å². The van der Waals surface area contributed by atoms with Crippen LogP contribution >= 0.6 is 0 Å². The molecule has 0 unspecified atom stereocenters. The molecule has 2 aliphatic rings. The monoisotopic (exact) mass is 420 g/mol. The Labute approximate surface area is 179 Å². The van der Waals surface area contributed by atoms with E-state index in [0.717, 1.165) is 36.8 Å². The molecule has 160 valence electrons. The number of nitrogens with one attached hydrogen (secondary N) is 2. The van der Waals surface area contributed by atoms with Crippen molar-refractivity contribution in [3.05, 3.63) is 30.4 Å². The lowest BCUT2D eigenvalue weighted by Crippen LogP contribution is -2.49. The molecule has 4 heterocycles. The third-order valence-corrected chi connectivity index (χ3v) is 6.03. The van der Waals surface area contributed by atoms with Gasteiger partial charge in [-0.3, -0.25) is 19.8 Å². The summed E-state index contributed by atoms with van der Waals surface area (Å²) >= 11 is 0. The number of aryl methyl sites for hydroxylation is 1. The molecule has 1 amide bonds. The Morgan fingerprint density at radius 2 is 1.94 bits per heavy atom. The maximum absolute atomic E-state index is 12.8. The third kappa shape index (κ3) is 3.63. The predicted octanol–water partition coefficient (Wildman–Crippen LogP) is 2.35. The molecule has 10 heteroatoms. The molecule has 1 saturated carbocycles. The molecule has 1 fully saturated rings. The minimum absolute atomic E-state index is 0.0228. The second kappa shape index (κ2) is 8.03. The van der Waals surface area contributed by atoms with E-state index >= 15 is 0 Å². The number of carbonyl (C=O) groups is 1. The number of ether oxygens (including phenoxy) is 1. The van der Waals surface area contributed by atoms with Crippen LogP contribution in [0.1, 0.15) is 31.2 Å². The minimum Gasteiger partial charge on any atom is -0.381 e. The van der Waals surface area contributed by atoms with Crippen LogP contribution in [0.5, 0.6) is 0 Å². The summed E-state index contributed by atoms with van der Waals surface area (Å²) in [5, 5.41) is 9.88. The Balaban J connectivity index is 1.48. The van der Waals surface area contributed by atoms with Gasteiger partial charge in [0.25, 0.3) is 0 Å². The van der Waals surface area contributed by atoms with Gasteiger partial charge in [-0.2, -0.15) is 5.10 Å². The number of fused-ring (bicyclic) bond motifs is 1. The summed E-state index contributed by atoms with van der Waals surface area (Å²) in [6.07, 6.45) is 8.92. The molecule has 1 aliphatic carbocycles. The summed E-state index contributed by atoms with van der Waals surface area (Å²) < 4.78 is 5.49. The molecule has 10 nitrogen and oxygen atoms in total. The Kier molecular flexibility index (Phi) is 5.06. The SMILES string of the molecule is CO[C@H]1CC[C@@H](N2C(=O)CNc3ncc(-c4cnc(-c5nc[nH]n5)cc4C)nc32)CC1. The van der Waals surface area contributed by atoms with Crippen LogP contribution in [0.25, 0.3) is 22.8 Å². The van der Waals surface area contributed by atoms with Crippen molar-refractivity contribution in [1.82, 2.24) is 30.1 Å². The van der Waals surface area contributed by atoms with Gasteiger partial charge in [-0.05, 0) is 44.2 Å². The van der Waals surface area contributed by atoms with Crippen LogP contribution in [0.15, 0.2) is 24.8 Å². The van der Waals surface area contributed by atoms with Gasteiger partial charge in [0.2, 0.25) is 5.91 Å². The maximum Gasteiger partial charge on any atom is 0.247 e. The molecule has 0 spiro atoms. The van der Waals surface area contributed by atoms with Crippen LogP contribution in [-0.4, -0.2) is 61.8 Å². The number of carbonyl (C=O) groups excluding carboxylic acids is 1. The van der Waals surface area contributed by atoms with Crippen molar-refractivity contribution in [2.45, 2.75) is 44.8 Å². The predicted molar refractivity (Wildman–Crippen MR) is 114 cm³/mol. The number of methoxy groups -OCH3 is 1. The van der Waals surface area contributed by atoms with E-state index in [1.165, 1.54) is 6.33 Å². The third-order valence-electron chi connectivity index (χ3n) is 6.03. The fraction of sp³-hybridized carbons (Fsp3) is 0.429. The standard InChI is InChI=1S/C21H24N8O2/c1-12-7-16(19-25-11-26-28-19)22-8-15(12)17-9-23-20-21(27-17)29(18(30)10-24-20)13-3-5-14(31-2)6-4-13/h7-9,11,13-14H,3-6,10H2,1-2H3,(H,23,24)(H,25,26,28)/t13-,14+. The Hall–Kier alpha value is -3.40. The van der Waals surface area contributed by atoms with Gasteiger partial charge in [-0.1, -0.05) is 0 Å². The molecule has 2 N–H and O–H groups in total. The average molecular weight is 420 g/mol. The average Bonchev–Trinajstić information content (AvgIpc) is 3.34. The largest absolute Gasteiger partial charge is 0.381 e. The first-order valence-corrected chi connectivity index (χ1v) is 10.4. The summed E-state index contributed by atoms with van der Waals surface area (Å²) in [6.45, 7) is 2.22. The summed E-state index contributed by atoms with van der Waals surface area (Å²) in [4.78, 5) is 32.7. The van der Waals surface area contributed by atoms with Crippen LogP contribution in [0.2, 0.25) is 0 Å². The fourth-order valence-electron chi connectivity index (χ4n) is 4.36. The first-order chi connectivity index (χ1) is 15.1. The minimum atomic E-state index is 0.0228. The van der Waals surface area contributed by atoms with Crippen LogP contribution in [0.3, 0.4) is 0 Å². The van der Waals surface area contributed by atoms with Gasteiger partial charge in [0.15, 0.2) is 17.5 Å². The smallest absolute Gasteiger partial charge is 0.247 e. The second-order valence-electron chi connectivity index (χ2n) is 7.92. The summed E-state index contributed by atoms with van der Waals surface area (Å²) in [7, 11) is 1.75. The number of hydrogen-bond donors (Lipinski definition) is 2. The van der Waals surface area contributed by atoms with Gasteiger partial charge < -0.3 is 10.1 Å². The molecule has 3 aromatic rings.